The number of hydrogen-bond acceptors (Lipinski definition) is 2. The molecule has 1 aromatic rings. The molecule has 0 bridgehead atoms. The minimum absolute atomic E-state index is 0.266. The molecule has 1 rings (SSSR count). The Morgan fingerprint density at radius 2 is 1.81 bits per heavy atom. The predicted molar refractivity (Wildman–Crippen MR) is 45.3 cm³/mol. The highest BCUT2D eigenvalue weighted by Gasteiger charge is 2.47. The molecule has 0 amide bonds. The molecule has 1 N–H and O–H groups in total. The summed E-state index contributed by atoms with van der Waals surface area (Å²) in [5.74, 6) is -5.39. The van der Waals surface area contributed by atoms with Gasteiger partial charge in [0, 0.05) is 4.90 Å². The van der Waals surface area contributed by atoms with Crippen LogP contribution in [0.1, 0.15) is 0 Å². The second-order valence-corrected chi connectivity index (χ2v) is 4.19. The Hall–Kier alpha value is -1.44. The summed E-state index contributed by atoms with van der Waals surface area (Å²) in [6, 6.07) is 1.38. The van der Waals surface area contributed by atoms with Gasteiger partial charge in [0.25, 0.3) is 0 Å². The first kappa shape index (κ1) is 12.6. The van der Waals surface area contributed by atoms with Crippen LogP contribution in [0.2, 0.25) is 0 Å². The Balaban J connectivity index is 3.15. The van der Waals surface area contributed by atoms with Gasteiger partial charge in [-0.25, -0.2) is 17.8 Å². The lowest BCUT2D eigenvalue weighted by Crippen LogP contribution is -2.33. The van der Waals surface area contributed by atoms with Gasteiger partial charge in [0.2, 0.25) is 0 Å². The fourth-order valence-electron chi connectivity index (χ4n) is 0.819. The van der Waals surface area contributed by atoms with E-state index in [0.717, 1.165) is 0 Å². The molecule has 0 spiro atoms. The molecule has 0 aliphatic heterocycles. The number of carbonyl (C=O) groups is 1. The predicted octanol–water partition coefficient (Wildman–Crippen LogP) is 1.75. The smallest absolute Gasteiger partial charge is 0.419 e. The van der Waals surface area contributed by atoms with E-state index >= 15 is 0 Å². The lowest BCUT2D eigenvalue weighted by atomic mass is 10.3. The molecular weight excluding hydrogens is 252 g/mol. The zero-order valence-electron chi connectivity index (χ0n) is 7.42. The van der Waals surface area contributed by atoms with E-state index in [0.29, 0.717) is 12.1 Å². The van der Waals surface area contributed by atoms with Crippen molar-refractivity contribution in [2.24, 2.45) is 0 Å². The van der Waals surface area contributed by atoms with Crippen LogP contribution in [0.15, 0.2) is 23.1 Å². The van der Waals surface area contributed by atoms with Crippen LogP contribution < -0.4 is 0 Å². The molecule has 16 heavy (non-hydrogen) atoms. The van der Waals surface area contributed by atoms with Gasteiger partial charge in [0.05, 0.1) is 0 Å². The highest BCUT2D eigenvalue weighted by atomic mass is 32.2. The largest absolute Gasteiger partial charge is 0.476 e. The van der Waals surface area contributed by atoms with Crippen LogP contribution in [0, 0.1) is 11.6 Å². The van der Waals surface area contributed by atoms with Gasteiger partial charge in [0.15, 0.2) is 11.6 Å². The van der Waals surface area contributed by atoms with Gasteiger partial charge < -0.3 is 5.11 Å². The van der Waals surface area contributed by atoms with E-state index in [2.05, 4.69) is 0 Å². The molecule has 0 saturated heterocycles. The molecule has 0 fully saturated rings. The Morgan fingerprint density at radius 3 is 2.25 bits per heavy atom. The average molecular weight is 256 g/mol. The topological polar surface area (TPSA) is 54.4 Å². The van der Waals surface area contributed by atoms with Crippen molar-refractivity contribution in [2.75, 3.05) is 0 Å². The second-order valence-electron chi connectivity index (χ2n) is 2.67. The molecule has 1 aromatic carbocycles. The Labute approximate surface area is 89.2 Å². The third kappa shape index (κ3) is 2.21. The quantitative estimate of drug-likeness (QED) is 0.838. The highest BCUT2D eigenvalue weighted by Crippen LogP contribution is 2.26. The van der Waals surface area contributed by atoms with Crippen molar-refractivity contribution < 1.29 is 31.7 Å². The summed E-state index contributed by atoms with van der Waals surface area (Å²) >= 11 is 0. The number of carboxylic acids is 1. The molecule has 0 aromatic heterocycles. The van der Waals surface area contributed by atoms with Gasteiger partial charge >= 0.3 is 11.2 Å². The summed E-state index contributed by atoms with van der Waals surface area (Å²) in [5.41, 5.74) is 0. The van der Waals surface area contributed by atoms with Crippen LogP contribution >= 0.6 is 0 Å². The fraction of sp³-hybridized carbons (Fsp3) is 0.125. The number of halogens is 4. The standard InChI is InChI=1S/C8H4F4O3S/c9-5-2-1-4(3-6(5)10)16(15)8(11,12)7(13)14/h1-3H,(H,13,14). The number of aliphatic carboxylic acids is 1. The average Bonchev–Trinajstić information content (AvgIpc) is 2.20. The van der Waals surface area contributed by atoms with Crippen molar-refractivity contribution in [3.05, 3.63) is 29.8 Å². The van der Waals surface area contributed by atoms with E-state index in [-0.39, 0.29) is 6.07 Å². The van der Waals surface area contributed by atoms with Crippen LogP contribution in [-0.2, 0) is 15.6 Å². The number of rotatable bonds is 3. The molecule has 3 nitrogen and oxygen atoms in total. The summed E-state index contributed by atoms with van der Waals surface area (Å²) in [7, 11) is -3.28. The van der Waals surface area contributed by atoms with Crippen LogP contribution in [0.4, 0.5) is 17.6 Å². The molecule has 0 aliphatic rings. The number of carboxylic acid groups (broad SMARTS) is 1. The molecule has 8 heteroatoms. The van der Waals surface area contributed by atoms with Gasteiger partial charge in [-0.3, -0.25) is 0 Å². The second kappa shape index (κ2) is 4.20. The van der Waals surface area contributed by atoms with Crippen molar-refractivity contribution in [1.29, 1.82) is 0 Å². The van der Waals surface area contributed by atoms with Gasteiger partial charge in [-0.05, 0) is 18.2 Å². The maximum absolute atomic E-state index is 12.7. The van der Waals surface area contributed by atoms with Crippen LogP contribution in [0.25, 0.3) is 0 Å². The third-order valence-corrected chi connectivity index (χ3v) is 2.91. The van der Waals surface area contributed by atoms with E-state index in [1.807, 2.05) is 0 Å². The SMILES string of the molecule is O=C(O)C(F)(F)S(=O)c1ccc(F)c(F)c1. The van der Waals surface area contributed by atoms with Crippen molar-refractivity contribution >= 4 is 16.8 Å². The Bertz CT molecular complexity index is 461. The fourth-order valence-corrected chi connectivity index (χ4v) is 1.68. The summed E-state index contributed by atoms with van der Waals surface area (Å²) in [6.45, 7) is 0. The molecule has 1 unspecified atom stereocenters. The van der Waals surface area contributed by atoms with Gasteiger partial charge in [-0.2, -0.15) is 8.78 Å². The molecule has 0 heterocycles. The minimum Gasteiger partial charge on any atom is -0.476 e. The minimum atomic E-state index is -4.55. The first-order chi connectivity index (χ1) is 7.26. The maximum Gasteiger partial charge on any atom is 0.419 e. The van der Waals surface area contributed by atoms with Gasteiger partial charge in [-0.1, -0.05) is 0 Å². The Morgan fingerprint density at radius 1 is 1.25 bits per heavy atom. The van der Waals surface area contributed by atoms with Crippen molar-refractivity contribution in [3.63, 3.8) is 0 Å². The molecule has 88 valence electrons. The van der Waals surface area contributed by atoms with Crippen LogP contribution in [-0.4, -0.2) is 20.5 Å². The number of benzene rings is 1. The van der Waals surface area contributed by atoms with Crippen LogP contribution in [0.3, 0.4) is 0 Å². The van der Waals surface area contributed by atoms with E-state index in [1.54, 1.807) is 0 Å². The summed E-state index contributed by atoms with van der Waals surface area (Å²) in [5, 5.41) is 3.53. The van der Waals surface area contributed by atoms with Crippen LogP contribution in [0.5, 0.6) is 0 Å². The molecule has 0 aliphatic carbocycles. The van der Waals surface area contributed by atoms with Gasteiger partial charge in [0.1, 0.15) is 10.8 Å². The van der Waals surface area contributed by atoms with E-state index in [9.17, 15) is 26.6 Å². The van der Waals surface area contributed by atoms with Crippen molar-refractivity contribution in [2.45, 2.75) is 10.2 Å². The number of hydrogen-bond donors (Lipinski definition) is 1. The zero-order valence-corrected chi connectivity index (χ0v) is 8.23. The van der Waals surface area contributed by atoms with Gasteiger partial charge in [-0.15, -0.1) is 0 Å². The first-order valence-corrected chi connectivity index (χ1v) is 4.90. The van der Waals surface area contributed by atoms with E-state index in [4.69, 9.17) is 5.11 Å². The molecule has 1 atom stereocenters. The lowest BCUT2D eigenvalue weighted by Gasteiger charge is -2.10. The molecular formula is C8H4F4O3S. The highest BCUT2D eigenvalue weighted by molar-refractivity contribution is 7.87. The summed E-state index contributed by atoms with van der Waals surface area (Å²) in [6.07, 6.45) is 0. The zero-order chi connectivity index (χ0) is 12.5. The number of alkyl halides is 2. The first-order valence-electron chi connectivity index (χ1n) is 3.75. The van der Waals surface area contributed by atoms with Crippen molar-refractivity contribution in [1.82, 2.24) is 0 Å². The monoisotopic (exact) mass is 256 g/mol. The van der Waals surface area contributed by atoms with E-state index < -0.39 is 38.6 Å². The third-order valence-electron chi connectivity index (χ3n) is 1.59. The van der Waals surface area contributed by atoms with E-state index in [1.165, 1.54) is 0 Å². The Kier molecular flexibility index (Phi) is 3.32. The maximum atomic E-state index is 12.7. The normalized spacial score (nSPS) is 13.5. The summed E-state index contributed by atoms with van der Waals surface area (Å²) in [4.78, 5) is 9.28. The summed E-state index contributed by atoms with van der Waals surface area (Å²) < 4.78 is 61.6. The molecule has 0 radical (unpaired) electrons. The van der Waals surface area contributed by atoms with Crippen molar-refractivity contribution in [3.8, 4) is 0 Å². The molecule has 0 saturated carbocycles. The lowest BCUT2D eigenvalue weighted by molar-refractivity contribution is -0.153.